The number of carbonyl (C=O) groups excluding carboxylic acids is 2. The molecule has 3 aromatic rings. The molecule has 0 spiro atoms. The van der Waals surface area contributed by atoms with Crippen LogP contribution in [-0.4, -0.2) is 23.2 Å². The van der Waals surface area contributed by atoms with E-state index >= 15 is 0 Å². The number of carbonyl (C=O) groups is 2. The van der Waals surface area contributed by atoms with E-state index in [0.29, 0.717) is 33.1 Å². The van der Waals surface area contributed by atoms with Gasteiger partial charge in [0.15, 0.2) is 12.4 Å². The van der Waals surface area contributed by atoms with Crippen LogP contribution in [0.15, 0.2) is 66.7 Å². The average Bonchev–Trinajstić information content (AvgIpc) is 2.74. The Balaban J connectivity index is 1.59. The van der Waals surface area contributed by atoms with Gasteiger partial charge in [-0.1, -0.05) is 17.7 Å². The van der Waals surface area contributed by atoms with Crippen molar-refractivity contribution in [2.75, 3.05) is 11.9 Å². The van der Waals surface area contributed by atoms with Crippen molar-refractivity contribution in [3.05, 3.63) is 98.6 Å². The van der Waals surface area contributed by atoms with Gasteiger partial charge < -0.3 is 10.1 Å². The van der Waals surface area contributed by atoms with Crippen molar-refractivity contribution in [3.8, 4) is 5.75 Å². The van der Waals surface area contributed by atoms with Crippen LogP contribution in [0, 0.1) is 17.0 Å². The van der Waals surface area contributed by atoms with E-state index < -0.39 is 10.8 Å². The fourth-order valence-corrected chi connectivity index (χ4v) is 2.89. The van der Waals surface area contributed by atoms with Crippen LogP contribution in [0.1, 0.15) is 21.5 Å². The summed E-state index contributed by atoms with van der Waals surface area (Å²) >= 11 is 5.83. The number of nitrogens with zero attached hydrogens (tertiary/aromatic N) is 1. The Hall–Kier alpha value is -3.71. The van der Waals surface area contributed by atoms with Gasteiger partial charge in [-0.15, -0.1) is 0 Å². The lowest BCUT2D eigenvalue weighted by Crippen LogP contribution is -2.20. The largest absolute Gasteiger partial charge is 0.484 e. The SMILES string of the molecule is Cc1c(NC(=O)COc2ccc(C(=O)c3ccc(Cl)cc3)cc2)cccc1[N+](=O)[O-]. The van der Waals surface area contributed by atoms with Gasteiger partial charge in [0, 0.05) is 22.2 Å². The van der Waals surface area contributed by atoms with Gasteiger partial charge in [-0.2, -0.15) is 0 Å². The molecule has 1 amide bonds. The molecule has 152 valence electrons. The number of amides is 1. The van der Waals surface area contributed by atoms with Gasteiger partial charge in [0.2, 0.25) is 0 Å². The second-order valence-corrected chi connectivity index (χ2v) is 6.84. The van der Waals surface area contributed by atoms with E-state index in [2.05, 4.69) is 5.32 Å². The van der Waals surface area contributed by atoms with Gasteiger partial charge in [-0.3, -0.25) is 19.7 Å². The number of anilines is 1. The smallest absolute Gasteiger partial charge is 0.274 e. The molecule has 30 heavy (non-hydrogen) atoms. The highest BCUT2D eigenvalue weighted by Gasteiger charge is 2.15. The number of nitro groups is 1. The number of halogens is 1. The van der Waals surface area contributed by atoms with E-state index in [9.17, 15) is 19.7 Å². The van der Waals surface area contributed by atoms with Crippen LogP contribution in [-0.2, 0) is 4.79 Å². The van der Waals surface area contributed by atoms with E-state index in [-0.39, 0.29) is 18.1 Å². The molecule has 3 rings (SSSR count). The number of hydrogen-bond acceptors (Lipinski definition) is 5. The third kappa shape index (κ3) is 5.01. The first-order valence-electron chi connectivity index (χ1n) is 8.92. The summed E-state index contributed by atoms with van der Waals surface area (Å²) in [6.45, 7) is 1.28. The lowest BCUT2D eigenvalue weighted by Gasteiger charge is -2.10. The maximum Gasteiger partial charge on any atom is 0.274 e. The van der Waals surface area contributed by atoms with Crippen LogP contribution in [0.2, 0.25) is 5.02 Å². The van der Waals surface area contributed by atoms with E-state index in [1.54, 1.807) is 61.5 Å². The summed E-state index contributed by atoms with van der Waals surface area (Å²) in [6.07, 6.45) is 0. The molecule has 0 bridgehead atoms. The summed E-state index contributed by atoms with van der Waals surface area (Å²) in [4.78, 5) is 35.1. The molecule has 0 aliphatic rings. The highest BCUT2D eigenvalue weighted by atomic mass is 35.5. The van der Waals surface area contributed by atoms with Crippen LogP contribution < -0.4 is 10.1 Å². The lowest BCUT2D eigenvalue weighted by atomic mass is 10.0. The zero-order chi connectivity index (χ0) is 21.7. The molecule has 1 N–H and O–H groups in total. The number of rotatable bonds is 7. The molecule has 0 radical (unpaired) electrons. The molecule has 8 heteroatoms. The molecule has 0 aliphatic heterocycles. The van der Waals surface area contributed by atoms with Crippen LogP contribution in [0.4, 0.5) is 11.4 Å². The minimum atomic E-state index is -0.506. The Labute approximate surface area is 177 Å². The summed E-state index contributed by atoms with van der Waals surface area (Å²) in [5.41, 5.74) is 1.62. The predicted octanol–water partition coefficient (Wildman–Crippen LogP) is 4.81. The number of ether oxygens (including phenoxy) is 1. The minimum absolute atomic E-state index is 0.0744. The fraction of sp³-hybridized carbons (Fsp3) is 0.0909. The van der Waals surface area contributed by atoms with Gasteiger partial charge in [-0.25, -0.2) is 0 Å². The van der Waals surface area contributed by atoms with Crippen molar-refractivity contribution < 1.29 is 19.2 Å². The molecule has 3 aromatic carbocycles. The highest BCUT2D eigenvalue weighted by Crippen LogP contribution is 2.25. The molecule has 0 unspecified atom stereocenters. The fourth-order valence-electron chi connectivity index (χ4n) is 2.76. The molecular formula is C22H17ClN2O5. The van der Waals surface area contributed by atoms with Crippen LogP contribution in [0.5, 0.6) is 5.75 Å². The van der Waals surface area contributed by atoms with Gasteiger partial charge >= 0.3 is 0 Å². The summed E-state index contributed by atoms with van der Waals surface area (Å²) in [5, 5.41) is 14.1. The number of benzene rings is 3. The second kappa shape index (κ2) is 9.19. The summed E-state index contributed by atoms with van der Waals surface area (Å²) in [5.74, 6) is -0.203. The monoisotopic (exact) mass is 424 g/mol. The maximum atomic E-state index is 12.4. The lowest BCUT2D eigenvalue weighted by molar-refractivity contribution is -0.385. The van der Waals surface area contributed by atoms with Crippen molar-refractivity contribution in [1.82, 2.24) is 0 Å². The van der Waals surface area contributed by atoms with E-state index in [1.165, 1.54) is 12.1 Å². The maximum absolute atomic E-state index is 12.4. The molecule has 0 atom stereocenters. The standard InChI is InChI=1S/C22H17ClN2O5/c1-14-19(3-2-4-20(14)25(28)29)24-21(26)13-30-18-11-7-16(8-12-18)22(27)15-5-9-17(23)10-6-15/h2-12H,13H2,1H3,(H,24,26). The number of nitrogens with one attached hydrogen (secondary N) is 1. The van der Waals surface area contributed by atoms with Gasteiger partial charge in [0.25, 0.3) is 11.6 Å². The first-order chi connectivity index (χ1) is 14.3. The van der Waals surface area contributed by atoms with E-state index in [0.717, 1.165) is 0 Å². The molecule has 0 heterocycles. The topological polar surface area (TPSA) is 98.5 Å². The molecular weight excluding hydrogens is 408 g/mol. The zero-order valence-corrected chi connectivity index (χ0v) is 16.7. The zero-order valence-electron chi connectivity index (χ0n) is 15.9. The Morgan fingerprint density at radius 1 is 1.00 bits per heavy atom. The Morgan fingerprint density at radius 3 is 2.20 bits per heavy atom. The molecule has 0 fully saturated rings. The van der Waals surface area contributed by atoms with Crippen molar-refractivity contribution in [2.24, 2.45) is 0 Å². The molecule has 0 saturated heterocycles. The Bertz CT molecular complexity index is 1100. The van der Waals surface area contributed by atoms with Crippen LogP contribution in [0.25, 0.3) is 0 Å². The third-order valence-corrected chi connectivity index (χ3v) is 4.62. The molecule has 0 aliphatic carbocycles. The van der Waals surface area contributed by atoms with E-state index in [4.69, 9.17) is 16.3 Å². The minimum Gasteiger partial charge on any atom is -0.484 e. The summed E-state index contributed by atoms with van der Waals surface area (Å²) in [6, 6.07) is 17.4. The molecule has 7 nitrogen and oxygen atoms in total. The summed E-state index contributed by atoms with van der Waals surface area (Å²) < 4.78 is 5.44. The predicted molar refractivity (Wildman–Crippen MR) is 113 cm³/mol. The number of ketones is 1. The quantitative estimate of drug-likeness (QED) is 0.333. The van der Waals surface area contributed by atoms with Gasteiger partial charge in [0.05, 0.1) is 16.2 Å². The van der Waals surface area contributed by atoms with Crippen LogP contribution in [0.3, 0.4) is 0 Å². The first kappa shape index (κ1) is 21.0. The number of hydrogen-bond donors (Lipinski definition) is 1. The number of nitro benzene ring substituents is 1. The van der Waals surface area contributed by atoms with Gasteiger partial charge in [-0.05, 0) is 61.5 Å². The Morgan fingerprint density at radius 2 is 1.60 bits per heavy atom. The summed E-state index contributed by atoms with van der Waals surface area (Å²) in [7, 11) is 0. The van der Waals surface area contributed by atoms with E-state index in [1.807, 2.05) is 0 Å². The molecule has 0 aromatic heterocycles. The van der Waals surface area contributed by atoms with Crippen LogP contribution >= 0.6 is 11.6 Å². The highest BCUT2D eigenvalue weighted by molar-refractivity contribution is 6.30. The van der Waals surface area contributed by atoms with Crippen molar-refractivity contribution in [2.45, 2.75) is 6.92 Å². The van der Waals surface area contributed by atoms with Crippen molar-refractivity contribution in [1.29, 1.82) is 0 Å². The normalized spacial score (nSPS) is 10.3. The second-order valence-electron chi connectivity index (χ2n) is 6.40. The van der Waals surface area contributed by atoms with Gasteiger partial charge in [0.1, 0.15) is 5.75 Å². The van der Waals surface area contributed by atoms with Crippen molar-refractivity contribution >= 4 is 34.7 Å². The Kier molecular flexibility index (Phi) is 6.44. The third-order valence-electron chi connectivity index (χ3n) is 4.37. The van der Waals surface area contributed by atoms with Crippen molar-refractivity contribution in [3.63, 3.8) is 0 Å². The molecule has 0 saturated carbocycles. The first-order valence-corrected chi connectivity index (χ1v) is 9.30. The average molecular weight is 425 g/mol.